The van der Waals surface area contributed by atoms with E-state index in [0.29, 0.717) is 23.0 Å². The number of rotatable bonds is 3. The summed E-state index contributed by atoms with van der Waals surface area (Å²) < 4.78 is 0.760. The molecule has 3 nitrogen and oxygen atoms in total. The van der Waals surface area contributed by atoms with Crippen molar-refractivity contribution in [1.29, 1.82) is 0 Å². The molecule has 0 aliphatic carbocycles. The molecular weight excluding hydrogens is 363 g/mol. The number of hydrogen-bond acceptors (Lipinski definition) is 2. The summed E-state index contributed by atoms with van der Waals surface area (Å²) in [6, 6.07) is 5.46. The van der Waals surface area contributed by atoms with Gasteiger partial charge in [0.1, 0.15) is 0 Å². The molecule has 20 heavy (non-hydrogen) atoms. The molecule has 112 valence electrons. The quantitative estimate of drug-likeness (QED) is 0.866. The van der Waals surface area contributed by atoms with E-state index in [0.717, 1.165) is 36.8 Å². The third kappa shape index (κ3) is 4.10. The third-order valence-corrected chi connectivity index (χ3v) is 4.86. The van der Waals surface area contributed by atoms with Gasteiger partial charge < -0.3 is 10.6 Å². The van der Waals surface area contributed by atoms with E-state index >= 15 is 0 Å². The second-order valence-electron chi connectivity index (χ2n) is 4.94. The highest BCUT2D eigenvalue weighted by atomic mass is 79.9. The number of amides is 1. The molecule has 2 N–H and O–H groups in total. The van der Waals surface area contributed by atoms with Gasteiger partial charge in [-0.15, -0.1) is 12.4 Å². The largest absolute Gasteiger partial charge is 0.338 e. The van der Waals surface area contributed by atoms with Gasteiger partial charge >= 0.3 is 0 Å². The summed E-state index contributed by atoms with van der Waals surface area (Å²) in [5.41, 5.74) is 6.18. The summed E-state index contributed by atoms with van der Waals surface area (Å²) in [6.45, 7) is 2.28. The van der Waals surface area contributed by atoms with E-state index in [1.807, 2.05) is 17.0 Å². The van der Waals surface area contributed by atoms with Crippen molar-refractivity contribution < 1.29 is 4.79 Å². The highest BCUT2D eigenvalue weighted by molar-refractivity contribution is 9.10. The lowest BCUT2D eigenvalue weighted by Crippen LogP contribution is -2.40. The topological polar surface area (TPSA) is 46.3 Å². The lowest BCUT2D eigenvalue weighted by atomic mass is 9.94. The standard InChI is InChI=1S/C14H18BrClN2O.ClH/c15-12-5-1-4-11(13(12)16)14(19)18-8-2-3-10(9-18)6-7-17;/h1,4-5,10H,2-3,6-9,17H2;1H. The zero-order valence-electron chi connectivity index (χ0n) is 11.1. The van der Waals surface area contributed by atoms with Gasteiger partial charge in [-0.2, -0.15) is 0 Å². The monoisotopic (exact) mass is 380 g/mol. The maximum absolute atomic E-state index is 12.5. The van der Waals surface area contributed by atoms with Crippen molar-refractivity contribution in [2.24, 2.45) is 11.7 Å². The Kier molecular flexibility index (Phi) is 7.30. The van der Waals surface area contributed by atoms with E-state index in [9.17, 15) is 4.79 Å². The van der Waals surface area contributed by atoms with Gasteiger partial charge in [0.15, 0.2) is 0 Å². The fourth-order valence-electron chi connectivity index (χ4n) is 2.56. The summed E-state index contributed by atoms with van der Waals surface area (Å²) >= 11 is 9.55. The van der Waals surface area contributed by atoms with Crippen molar-refractivity contribution in [2.45, 2.75) is 19.3 Å². The summed E-state index contributed by atoms with van der Waals surface area (Å²) in [5, 5.41) is 0.494. The molecule has 1 fully saturated rings. The van der Waals surface area contributed by atoms with Crippen LogP contribution in [0.15, 0.2) is 22.7 Å². The second kappa shape index (κ2) is 8.23. The van der Waals surface area contributed by atoms with E-state index in [4.69, 9.17) is 17.3 Å². The number of piperidine rings is 1. The van der Waals surface area contributed by atoms with Gasteiger partial charge in [-0.3, -0.25) is 4.79 Å². The van der Waals surface area contributed by atoms with Gasteiger partial charge in [0.25, 0.3) is 5.91 Å². The molecule has 1 unspecified atom stereocenters. The Morgan fingerprint density at radius 2 is 2.25 bits per heavy atom. The van der Waals surface area contributed by atoms with Crippen LogP contribution in [-0.2, 0) is 0 Å². The van der Waals surface area contributed by atoms with E-state index < -0.39 is 0 Å². The number of nitrogens with zero attached hydrogens (tertiary/aromatic N) is 1. The molecule has 0 bridgehead atoms. The Morgan fingerprint density at radius 3 is 2.95 bits per heavy atom. The molecule has 1 aromatic carbocycles. The highest BCUT2D eigenvalue weighted by Gasteiger charge is 2.25. The zero-order chi connectivity index (χ0) is 13.8. The number of nitrogens with two attached hydrogens (primary N) is 1. The Hall–Kier alpha value is -0.290. The first-order valence-corrected chi connectivity index (χ1v) is 7.74. The van der Waals surface area contributed by atoms with Crippen LogP contribution in [0.5, 0.6) is 0 Å². The van der Waals surface area contributed by atoms with Crippen LogP contribution in [0, 0.1) is 5.92 Å². The molecule has 1 aliphatic heterocycles. The lowest BCUT2D eigenvalue weighted by Gasteiger charge is -2.33. The Bertz CT molecular complexity index is 468. The summed E-state index contributed by atoms with van der Waals surface area (Å²) in [5.74, 6) is 0.543. The Balaban J connectivity index is 0.00000200. The van der Waals surface area contributed by atoms with E-state index in [-0.39, 0.29) is 18.3 Å². The number of likely N-dealkylation sites (tertiary alicyclic amines) is 1. The summed E-state index contributed by atoms with van der Waals surface area (Å²) in [6.07, 6.45) is 3.19. The number of halogens is 3. The predicted molar refractivity (Wildman–Crippen MR) is 88.7 cm³/mol. The molecule has 6 heteroatoms. The van der Waals surface area contributed by atoms with Gasteiger partial charge in [0.05, 0.1) is 10.6 Å². The van der Waals surface area contributed by atoms with Crippen LogP contribution in [0.3, 0.4) is 0 Å². The molecule has 1 saturated heterocycles. The minimum Gasteiger partial charge on any atom is -0.338 e. The van der Waals surface area contributed by atoms with Gasteiger partial charge in [-0.1, -0.05) is 17.7 Å². The minimum absolute atomic E-state index is 0. The lowest BCUT2D eigenvalue weighted by molar-refractivity contribution is 0.0669. The van der Waals surface area contributed by atoms with Crippen LogP contribution in [0.25, 0.3) is 0 Å². The molecule has 0 aromatic heterocycles. The Labute approximate surface area is 139 Å². The van der Waals surface area contributed by atoms with Crippen LogP contribution < -0.4 is 5.73 Å². The predicted octanol–water partition coefficient (Wildman–Crippen LogP) is 3.73. The van der Waals surface area contributed by atoms with Gasteiger partial charge in [-0.05, 0) is 59.8 Å². The fourth-order valence-corrected chi connectivity index (χ4v) is 3.13. The molecule has 1 aliphatic rings. The van der Waals surface area contributed by atoms with Gasteiger partial charge in [0.2, 0.25) is 0 Å². The van der Waals surface area contributed by atoms with Crippen molar-refractivity contribution in [3.05, 3.63) is 33.3 Å². The number of hydrogen-bond donors (Lipinski definition) is 1. The maximum Gasteiger partial charge on any atom is 0.255 e. The molecule has 1 aromatic rings. The van der Waals surface area contributed by atoms with Crippen molar-refractivity contribution in [1.82, 2.24) is 4.90 Å². The molecule has 2 rings (SSSR count). The van der Waals surface area contributed by atoms with Crippen LogP contribution in [0.2, 0.25) is 5.02 Å². The molecule has 0 spiro atoms. The zero-order valence-corrected chi connectivity index (χ0v) is 14.3. The van der Waals surface area contributed by atoms with Crippen molar-refractivity contribution in [3.63, 3.8) is 0 Å². The number of carbonyl (C=O) groups excluding carboxylic acids is 1. The normalized spacial score (nSPS) is 18.6. The van der Waals surface area contributed by atoms with E-state index in [1.54, 1.807) is 6.07 Å². The molecular formula is C14H19BrCl2N2O. The van der Waals surface area contributed by atoms with E-state index in [2.05, 4.69) is 15.9 Å². The first kappa shape index (κ1) is 17.8. The third-order valence-electron chi connectivity index (χ3n) is 3.56. The van der Waals surface area contributed by atoms with Gasteiger partial charge in [0, 0.05) is 17.6 Å². The fraction of sp³-hybridized carbons (Fsp3) is 0.500. The van der Waals surface area contributed by atoms with Crippen molar-refractivity contribution in [3.8, 4) is 0 Å². The Morgan fingerprint density at radius 1 is 1.50 bits per heavy atom. The average Bonchev–Trinajstić information content (AvgIpc) is 2.42. The van der Waals surface area contributed by atoms with Crippen molar-refractivity contribution in [2.75, 3.05) is 19.6 Å². The van der Waals surface area contributed by atoms with Crippen molar-refractivity contribution >= 4 is 45.8 Å². The summed E-state index contributed by atoms with van der Waals surface area (Å²) in [4.78, 5) is 14.4. The molecule has 1 atom stereocenters. The smallest absolute Gasteiger partial charge is 0.255 e. The molecule has 1 heterocycles. The van der Waals surface area contributed by atoms with Crippen LogP contribution in [-0.4, -0.2) is 30.4 Å². The highest BCUT2D eigenvalue weighted by Crippen LogP contribution is 2.28. The number of carbonyl (C=O) groups is 1. The molecule has 0 radical (unpaired) electrons. The first-order valence-electron chi connectivity index (χ1n) is 6.57. The number of benzene rings is 1. The van der Waals surface area contributed by atoms with Crippen LogP contribution >= 0.6 is 39.9 Å². The van der Waals surface area contributed by atoms with Crippen LogP contribution in [0.4, 0.5) is 0 Å². The minimum atomic E-state index is 0. The summed E-state index contributed by atoms with van der Waals surface area (Å²) in [7, 11) is 0. The average molecular weight is 382 g/mol. The maximum atomic E-state index is 12.5. The SMILES string of the molecule is Cl.NCCC1CCCN(C(=O)c2cccc(Br)c2Cl)C1. The first-order chi connectivity index (χ1) is 9.13. The molecule has 0 saturated carbocycles. The molecule has 1 amide bonds. The van der Waals surface area contributed by atoms with Crippen LogP contribution in [0.1, 0.15) is 29.6 Å². The second-order valence-corrected chi connectivity index (χ2v) is 6.17. The van der Waals surface area contributed by atoms with E-state index in [1.165, 1.54) is 0 Å². The van der Waals surface area contributed by atoms with Gasteiger partial charge in [-0.25, -0.2) is 0 Å².